The molecule has 0 saturated carbocycles. The van der Waals surface area contributed by atoms with E-state index in [-0.39, 0.29) is 22.5 Å². The molecule has 1 aromatic carbocycles. The Bertz CT molecular complexity index is 865. The highest BCUT2D eigenvalue weighted by atomic mass is 32.1. The van der Waals surface area contributed by atoms with Gasteiger partial charge >= 0.3 is 5.97 Å². The van der Waals surface area contributed by atoms with Crippen molar-refractivity contribution >= 4 is 30.2 Å². The van der Waals surface area contributed by atoms with Gasteiger partial charge in [0.1, 0.15) is 5.57 Å². The van der Waals surface area contributed by atoms with Crippen LogP contribution < -0.4 is 5.56 Å². The number of aromatic nitrogens is 2. The zero-order valence-electron chi connectivity index (χ0n) is 12.3. The highest BCUT2D eigenvalue weighted by Gasteiger charge is 2.21. The number of nitrogens with one attached hydrogen (secondary N) is 1. The smallest absolute Gasteiger partial charge is 0.343 e. The van der Waals surface area contributed by atoms with E-state index < -0.39 is 11.8 Å². The summed E-state index contributed by atoms with van der Waals surface area (Å²) in [6.07, 6.45) is 2.63. The minimum atomic E-state index is -0.755. The fourth-order valence-electron chi connectivity index (χ4n) is 1.83. The normalized spacial score (nSPS) is 11.1. The zero-order valence-corrected chi connectivity index (χ0v) is 13.1. The minimum Gasteiger partial charge on any atom is -0.462 e. The van der Waals surface area contributed by atoms with Crippen LogP contribution >= 0.6 is 12.2 Å². The topological polar surface area (TPSA) is 81.2 Å². The number of aromatic amines is 1. The van der Waals surface area contributed by atoms with Crippen molar-refractivity contribution in [2.75, 3.05) is 6.61 Å². The molecule has 23 heavy (non-hydrogen) atoms. The maximum Gasteiger partial charge on any atom is 0.343 e. The number of hydrogen-bond acceptors (Lipinski definition) is 5. The Balaban J connectivity index is 2.52. The number of carbonyl (C=O) groups is 2. The maximum atomic E-state index is 12.6. The van der Waals surface area contributed by atoms with Crippen molar-refractivity contribution < 1.29 is 14.3 Å². The molecular weight excluding hydrogens is 316 g/mol. The molecule has 0 radical (unpaired) electrons. The van der Waals surface area contributed by atoms with Crippen LogP contribution in [0.2, 0.25) is 0 Å². The largest absolute Gasteiger partial charge is 0.462 e. The molecule has 2 rings (SSSR count). The van der Waals surface area contributed by atoms with Crippen molar-refractivity contribution in [1.82, 2.24) is 9.55 Å². The van der Waals surface area contributed by atoms with Crippen molar-refractivity contribution in [3.63, 3.8) is 0 Å². The second-order valence-corrected chi connectivity index (χ2v) is 4.86. The predicted molar refractivity (Wildman–Crippen MR) is 87.6 cm³/mol. The number of ether oxygens (including phenoxy) is 1. The van der Waals surface area contributed by atoms with Crippen LogP contribution in [0.3, 0.4) is 0 Å². The van der Waals surface area contributed by atoms with Gasteiger partial charge in [0.2, 0.25) is 5.78 Å². The molecule has 2 aromatic rings. The first-order valence-electron chi connectivity index (χ1n) is 6.83. The Hall–Kier alpha value is -2.80. The average Bonchev–Trinajstić information content (AvgIpc) is 2.54. The molecule has 6 nitrogen and oxygen atoms in total. The number of carbonyl (C=O) groups excluding carboxylic acids is 2. The SMILES string of the molecule is CCOC(=O)/C(=C\n1ccc(=O)[nH]c1=S)C(=O)c1ccccc1. The van der Waals surface area contributed by atoms with Gasteiger partial charge in [0, 0.05) is 24.0 Å². The van der Waals surface area contributed by atoms with E-state index in [9.17, 15) is 14.4 Å². The second kappa shape index (κ2) is 7.46. The van der Waals surface area contributed by atoms with Crippen LogP contribution in [0.5, 0.6) is 0 Å². The molecular formula is C16H14N2O4S. The first kappa shape index (κ1) is 16.6. The van der Waals surface area contributed by atoms with Crippen LogP contribution in [0.4, 0.5) is 0 Å². The molecule has 0 unspecified atom stereocenters. The van der Waals surface area contributed by atoms with Crippen LogP contribution in [0, 0.1) is 4.77 Å². The fourth-order valence-corrected chi connectivity index (χ4v) is 2.04. The molecule has 118 valence electrons. The molecule has 0 bridgehead atoms. The Morgan fingerprint density at radius 1 is 1.26 bits per heavy atom. The highest BCUT2D eigenvalue weighted by Crippen LogP contribution is 2.11. The number of nitrogens with zero attached hydrogens (tertiary/aromatic N) is 1. The lowest BCUT2D eigenvalue weighted by molar-refractivity contribution is -0.137. The summed E-state index contributed by atoms with van der Waals surface area (Å²) in [5, 5.41) is 0. The molecule has 7 heteroatoms. The van der Waals surface area contributed by atoms with Crippen molar-refractivity contribution in [1.29, 1.82) is 0 Å². The van der Waals surface area contributed by atoms with Crippen LogP contribution in [0.15, 0.2) is 53.0 Å². The van der Waals surface area contributed by atoms with Crippen LogP contribution in [-0.2, 0) is 9.53 Å². The van der Waals surface area contributed by atoms with Gasteiger partial charge in [0.15, 0.2) is 4.77 Å². The predicted octanol–water partition coefficient (Wildman–Crippen LogP) is 2.19. The molecule has 0 fully saturated rings. The van der Waals surface area contributed by atoms with Gasteiger partial charge in [-0.3, -0.25) is 19.1 Å². The number of H-pyrrole nitrogens is 1. The van der Waals surface area contributed by atoms with Crippen LogP contribution in [-0.4, -0.2) is 27.9 Å². The van der Waals surface area contributed by atoms with E-state index >= 15 is 0 Å². The number of ketones is 1. The first-order valence-corrected chi connectivity index (χ1v) is 7.24. The fraction of sp³-hybridized carbons (Fsp3) is 0.125. The van der Waals surface area contributed by atoms with Crippen LogP contribution in [0.1, 0.15) is 17.3 Å². The van der Waals surface area contributed by atoms with Gasteiger partial charge in [0.25, 0.3) is 5.56 Å². The molecule has 1 aromatic heterocycles. The number of Topliss-reactive ketones (excluding diaryl/α,β-unsaturated/α-hetero) is 1. The lowest BCUT2D eigenvalue weighted by atomic mass is 10.0. The molecule has 1 heterocycles. The number of hydrogen-bond donors (Lipinski definition) is 1. The summed E-state index contributed by atoms with van der Waals surface area (Å²) in [7, 11) is 0. The summed E-state index contributed by atoms with van der Waals surface area (Å²) in [6, 6.07) is 9.59. The van der Waals surface area contributed by atoms with Gasteiger partial charge in [-0.1, -0.05) is 30.3 Å². The molecule has 1 N–H and O–H groups in total. The third kappa shape index (κ3) is 4.10. The summed E-state index contributed by atoms with van der Waals surface area (Å²) < 4.78 is 6.31. The number of esters is 1. The van der Waals surface area contributed by atoms with Gasteiger partial charge in [-0.2, -0.15) is 0 Å². The number of benzene rings is 1. The average molecular weight is 330 g/mol. The third-order valence-electron chi connectivity index (χ3n) is 2.90. The minimum absolute atomic E-state index is 0.0696. The van der Waals surface area contributed by atoms with E-state index in [1.54, 1.807) is 37.3 Å². The lowest BCUT2D eigenvalue weighted by Gasteiger charge is -2.08. The van der Waals surface area contributed by atoms with E-state index in [1.807, 2.05) is 0 Å². The maximum absolute atomic E-state index is 12.6. The Kier molecular flexibility index (Phi) is 5.37. The van der Waals surface area contributed by atoms with Crippen molar-refractivity contribution in [2.45, 2.75) is 6.92 Å². The third-order valence-corrected chi connectivity index (χ3v) is 3.21. The van der Waals surface area contributed by atoms with Gasteiger partial charge in [-0.25, -0.2) is 4.79 Å². The van der Waals surface area contributed by atoms with Gasteiger partial charge in [-0.05, 0) is 19.1 Å². The molecule has 0 aliphatic carbocycles. The summed E-state index contributed by atoms with van der Waals surface area (Å²) in [5.74, 6) is -1.24. The van der Waals surface area contributed by atoms with Gasteiger partial charge < -0.3 is 4.74 Å². The summed E-state index contributed by atoms with van der Waals surface area (Å²) in [6.45, 7) is 1.78. The molecule has 0 amide bonds. The standard InChI is InChI=1S/C16H14N2O4S/c1-2-22-15(21)12(14(20)11-6-4-3-5-7-11)10-18-9-8-13(19)17-16(18)23/h3-10H,2H2,1H3,(H,17,19,23)/b12-10-. The van der Waals surface area contributed by atoms with E-state index in [4.69, 9.17) is 17.0 Å². The Labute approximate surface area is 137 Å². The Morgan fingerprint density at radius 2 is 1.96 bits per heavy atom. The van der Waals surface area contributed by atoms with Gasteiger partial charge in [-0.15, -0.1) is 0 Å². The zero-order chi connectivity index (χ0) is 16.8. The van der Waals surface area contributed by atoms with Crippen molar-refractivity contribution in [2.24, 2.45) is 0 Å². The monoisotopic (exact) mass is 330 g/mol. The van der Waals surface area contributed by atoms with E-state index in [0.29, 0.717) is 5.56 Å². The summed E-state index contributed by atoms with van der Waals surface area (Å²) >= 11 is 5.01. The highest BCUT2D eigenvalue weighted by molar-refractivity contribution is 7.71. The number of rotatable bonds is 5. The van der Waals surface area contributed by atoms with Crippen molar-refractivity contribution in [3.8, 4) is 0 Å². The van der Waals surface area contributed by atoms with E-state index in [2.05, 4.69) is 4.98 Å². The van der Waals surface area contributed by atoms with Crippen molar-refractivity contribution in [3.05, 3.63) is 68.9 Å². The summed E-state index contributed by atoms with van der Waals surface area (Å²) in [5.41, 5.74) is -0.198. The summed E-state index contributed by atoms with van der Waals surface area (Å²) in [4.78, 5) is 38.3. The van der Waals surface area contributed by atoms with Crippen LogP contribution in [0.25, 0.3) is 6.20 Å². The quantitative estimate of drug-likeness (QED) is 0.227. The molecule has 0 saturated heterocycles. The molecule has 0 aliphatic heterocycles. The molecule has 0 atom stereocenters. The second-order valence-electron chi connectivity index (χ2n) is 4.48. The molecule has 0 aliphatic rings. The van der Waals surface area contributed by atoms with E-state index in [0.717, 1.165) is 0 Å². The lowest BCUT2D eigenvalue weighted by Crippen LogP contribution is -2.18. The Morgan fingerprint density at radius 3 is 2.57 bits per heavy atom. The van der Waals surface area contributed by atoms with Gasteiger partial charge in [0.05, 0.1) is 6.61 Å². The molecule has 0 spiro atoms. The van der Waals surface area contributed by atoms with E-state index in [1.165, 1.54) is 23.0 Å². The first-order chi connectivity index (χ1) is 11.0.